The lowest BCUT2D eigenvalue weighted by Gasteiger charge is -2.29. The smallest absolute Gasteiger partial charge is 0.288 e. The van der Waals surface area contributed by atoms with Gasteiger partial charge in [-0.15, -0.1) is 0 Å². The van der Waals surface area contributed by atoms with E-state index in [2.05, 4.69) is 5.10 Å². The summed E-state index contributed by atoms with van der Waals surface area (Å²) < 4.78 is 27.5. The first-order chi connectivity index (χ1) is 11.6. The first-order valence-electron chi connectivity index (χ1n) is 8.04. The molecule has 2 aliphatic rings. The van der Waals surface area contributed by atoms with Gasteiger partial charge in [0.25, 0.3) is 11.7 Å². The van der Waals surface area contributed by atoms with E-state index >= 15 is 0 Å². The number of carbonyl (C=O) groups excluding carboxylic acids is 1. The number of aryl methyl sites for hydroxylation is 1. The Morgan fingerprint density at radius 1 is 1.21 bits per heavy atom. The van der Waals surface area contributed by atoms with Crippen molar-refractivity contribution < 1.29 is 13.6 Å². The van der Waals surface area contributed by atoms with Gasteiger partial charge in [-0.05, 0) is 37.0 Å². The molecule has 2 heterocycles. The van der Waals surface area contributed by atoms with E-state index in [1.54, 1.807) is 29.2 Å². The van der Waals surface area contributed by atoms with Crippen LogP contribution in [0.2, 0.25) is 0 Å². The van der Waals surface area contributed by atoms with Crippen molar-refractivity contribution in [3.05, 3.63) is 46.8 Å². The molecule has 0 unspecified atom stereocenters. The van der Waals surface area contributed by atoms with Gasteiger partial charge in [0.2, 0.25) is 0 Å². The Morgan fingerprint density at radius 3 is 2.88 bits per heavy atom. The molecule has 0 bridgehead atoms. The molecule has 1 aromatic heterocycles. The lowest BCUT2D eigenvalue weighted by molar-refractivity contribution is 0.0701. The summed E-state index contributed by atoms with van der Waals surface area (Å²) in [6.45, 7) is 1.73. The van der Waals surface area contributed by atoms with E-state index in [-0.39, 0.29) is 5.91 Å². The molecule has 0 spiro atoms. The summed E-state index contributed by atoms with van der Waals surface area (Å²) in [7, 11) is 0. The van der Waals surface area contributed by atoms with Crippen LogP contribution in [-0.2, 0) is 25.9 Å². The van der Waals surface area contributed by atoms with E-state index in [1.807, 2.05) is 4.68 Å². The predicted octanol–water partition coefficient (Wildman–Crippen LogP) is 3.34. The average Bonchev–Trinajstić information content (AvgIpc) is 3.14. The van der Waals surface area contributed by atoms with Crippen LogP contribution >= 0.6 is 11.8 Å². The summed E-state index contributed by atoms with van der Waals surface area (Å²) in [4.78, 5) is 15.0. The average molecular weight is 349 g/mol. The number of hydrogen-bond acceptors (Lipinski definition) is 3. The van der Waals surface area contributed by atoms with Gasteiger partial charge in [0.1, 0.15) is 0 Å². The van der Waals surface area contributed by atoms with E-state index in [0.29, 0.717) is 41.9 Å². The van der Waals surface area contributed by atoms with Gasteiger partial charge >= 0.3 is 0 Å². The topological polar surface area (TPSA) is 38.1 Å². The number of alkyl halides is 2. The van der Waals surface area contributed by atoms with Gasteiger partial charge in [-0.2, -0.15) is 13.9 Å². The van der Waals surface area contributed by atoms with Crippen LogP contribution in [0.5, 0.6) is 0 Å². The molecule has 0 N–H and O–H groups in total. The Bertz CT molecular complexity index is 790. The number of nitrogens with zero attached hydrogens (tertiary/aromatic N) is 3. The van der Waals surface area contributed by atoms with Crippen LogP contribution in [-0.4, -0.2) is 32.9 Å². The SMILES string of the molecule is O=C(c1ccccc1SC(F)F)N1CCn2nc3c(c2C1)CCC3. The third kappa shape index (κ3) is 2.70. The molecule has 24 heavy (non-hydrogen) atoms. The fourth-order valence-electron chi connectivity index (χ4n) is 3.53. The van der Waals surface area contributed by atoms with Crippen LogP contribution in [0.3, 0.4) is 0 Å². The molecular formula is C17H17F2N3OS. The maximum Gasteiger partial charge on any atom is 0.288 e. The van der Waals surface area contributed by atoms with E-state index in [9.17, 15) is 13.6 Å². The summed E-state index contributed by atoms with van der Waals surface area (Å²) in [6, 6.07) is 6.60. The second kappa shape index (κ2) is 6.20. The number of carbonyl (C=O) groups is 1. The second-order valence-corrected chi connectivity index (χ2v) is 7.08. The van der Waals surface area contributed by atoms with Crippen molar-refractivity contribution >= 4 is 17.7 Å². The zero-order chi connectivity index (χ0) is 16.7. The second-order valence-electron chi connectivity index (χ2n) is 6.05. The van der Waals surface area contributed by atoms with Gasteiger partial charge in [0, 0.05) is 11.4 Å². The van der Waals surface area contributed by atoms with Crippen LogP contribution in [0, 0.1) is 0 Å². The summed E-state index contributed by atoms with van der Waals surface area (Å²) in [5.41, 5.74) is 3.91. The molecule has 1 aliphatic carbocycles. The zero-order valence-electron chi connectivity index (χ0n) is 13.0. The summed E-state index contributed by atoms with van der Waals surface area (Å²) in [5.74, 6) is -2.72. The van der Waals surface area contributed by atoms with Crippen LogP contribution in [0.25, 0.3) is 0 Å². The molecule has 0 radical (unpaired) electrons. The highest BCUT2D eigenvalue weighted by atomic mass is 32.2. The van der Waals surface area contributed by atoms with Crippen molar-refractivity contribution in [3.63, 3.8) is 0 Å². The molecule has 0 saturated carbocycles. The summed E-state index contributed by atoms with van der Waals surface area (Å²) >= 11 is 0.426. The van der Waals surface area contributed by atoms with Gasteiger partial charge in [-0.3, -0.25) is 9.48 Å². The number of fused-ring (bicyclic) bond motifs is 3. The molecule has 0 saturated heterocycles. The largest absolute Gasteiger partial charge is 0.331 e. The Labute approximate surface area is 142 Å². The molecule has 1 aromatic carbocycles. The number of aromatic nitrogens is 2. The predicted molar refractivity (Wildman–Crippen MR) is 87.3 cm³/mol. The van der Waals surface area contributed by atoms with E-state index < -0.39 is 5.76 Å². The molecule has 1 amide bonds. The van der Waals surface area contributed by atoms with E-state index in [4.69, 9.17) is 0 Å². The highest BCUT2D eigenvalue weighted by Gasteiger charge is 2.29. The Balaban J connectivity index is 1.60. The maximum atomic E-state index is 12.9. The maximum absolute atomic E-state index is 12.9. The standard InChI is InChI=1S/C17H17F2N3OS/c18-17(19)24-15-7-2-1-4-12(15)16(23)21-8-9-22-14(10-21)11-5-3-6-13(11)20-22/h1-2,4,7,17H,3,5-6,8-10H2. The molecule has 2 aromatic rings. The lowest BCUT2D eigenvalue weighted by atomic mass is 10.1. The minimum absolute atomic E-state index is 0.182. The van der Waals surface area contributed by atoms with Gasteiger partial charge in [-0.1, -0.05) is 23.9 Å². The fourth-order valence-corrected chi connectivity index (χ4v) is 4.17. The first-order valence-corrected chi connectivity index (χ1v) is 8.92. The zero-order valence-corrected chi connectivity index (χ0v) is 13.9. The summed E-state index contributed by atoms with van der Waals surface area (Å²) in [6.07, 6.45) is 3.15. The monoisotopic (exact) mass is 349 g/mol. The first kappa shape index (κ1) is 15.6. The molecule has 0 fully saturated rings. The van der Waals surface area contributed by atoms with Crippen molar-refractivity contribution in [2.45, 2.75) is 43.0 Å². The summed E-state index contributed by atoms with van der Waals surface area (Å²) in [5, 5.41) is 4.63. The van der Waals surface area contributed by atoms with Crippen LogP contribution < -0.4 is 0 Å². The van der Waals surface area contributed by atoms with Gasteiger partial charge in [0.15, 0.2) is 0 Å². The number of amides is 1. The number of hydrogen-bond donors (Lipinski definition) is 0. The number of rotatable bonds is 3. The number of benzene rings is 1. The number of halogens is 2. The van der Waals surface area contributed by atoms with E-state index in [1.165, 1.54) is 5.56 Å². The third-order valence-corrected chi connectivity index (χ3v) is 5.42. The molecule has 7 heteroatoms. The van der Waals surface area contributed by atoms with Crippen LogP contribution in [0.15, 0.2) is 29.2 Å². The fraction of sp³-hybridized carbons (Fsp3) is 0.412. The van der Waals surface area contributed by atoms with Crippen LogP contribution in [0.1, 0.15) is 33.7 Å². The minimum atomic E-state index is -2.54. The highest BCUT2D eigenvalue weighted by molar-refractivity contribution is 7.99. The number of thioether (sulfide) groups is 1. The minimum Gasteiger partial charge on any atom is -0.331 e. The Hall–Kier alpha value is -1.89. The highest BCUT2D eigenvalue weighted by Crippen LogP contribution is 2.31. The quantitative estimate of drug-likeness (QED) is 0.798. The molecule has 0 atom stereocenters. The molecule has 4 rings (SSSR count). The molecule has 126 valence electrons. The van der Waals surface area contributed by atoms with Crippen molar-refractivity contribution in [3.8, 4) is 0 Å². The van der Waals surface area contributed by atoms with E-state index in [0.717, 1.165) is 30.7 Å². The third-order valence-electron chi connectivity index (χ3n) is 4.63. The van der Waals surface area contributed by atoms with Gasteiger partial charge in [-0.25, -0.2) is 0 Å². The Morgan fingerprint density at radius 2 is 2.04 bits per heavy atom. The normalized spacial score (nSPS) is 16.4. The van der Waals surface area contributed by atoms with Crippen molar-refractivity contribution in [1.82, 2.24) is 14.7 Å². The van der Waals surface area contributed by atoms with Crippen molar-refractivity contribution in [2.24, 2.45) is 0 Å². The lowest BCUT2D eigenvalue weighted by Crippen LogP contribution is -2.39. The molecular weight excluding hydrogens is 332 g/mol. The van der Waals surface area contributed by atoms with Gasteiger partial charge in [0.05, 0.1) is 30.0 Å². The Kier molecular flexibility index (Phi) is 4.04. The van der Waals surface area contributed by atoms with Crippen molar-refractivity contribution in [2.75, 3.05) is 6.54 Å². The van der Waals surface area contributed by atoms with Crippen molar-refractivity contribution in [1.29, 1.82) is 0 Å². The molecule has 1 aliphatic heterocycles. The van der Waals surface area contributed by atoms with Gasteiger partial charge < -0.3 is 4.90 Å². The van der Waals surface area contributed by atoms with Crippen LogP contribution in [0.4, 0.5) is 8.78 Å². The molecule has 4 nitrogen and oxygen atoms in total.